The molecule has 2 saturated carbocycles. The van der Waals surface area contributed by atoms with E-state index in [0.29, 0.717) is 5.76 Å². The second kappa shape index (κ2) is 8.37. The summed E-state index contributed by atoms with van der Waals surface area (Å²) in [5.74, 6) is -0.929. The van der Waals surface area contributed by atoms with Crippen molar-refractivity contribution >= 4 is 5.97 Å². The fourth-order valence-electron chi connectivity index (χ4n) is 5.12. The topological polar surface area (TPSA) is 103 Å². The number of carbonyl (C=O) groups is 1. The predicted molar refractivity (Wildman–Crippen MR) is 104 cm³/mol. The normalized spacial score (nSPS) is 29.2. The first-order chi connectivity index (χ1) is 14.0. The summed E-state index contributed by atoms with van der Waals surface area (Å²) in [5, 5.41) is 21.3. The Hall–Kier alpha value is -2.67. The molecule has 0 spiro atoms. The maximum absolute atomic E-state index is 12.1. The van der Waals surface area contributed by atoms with Crippen LogP contribution in [0.15, 0.2) is 46.9 Å². The Bertz CT molecular complexity index is 863. The van der Waals surface area contributed by atoms with Gasteiger partial charge in [0.2, 0.25) is 11.8 Å². The summed E-state index contributed by atoms with van der Waals surface area (Å²) in [7, 11) is 0. The Morgan fingerprint density at radius 2 is 1.93 bits per heavy atom. The van der Waals surface area contributed by atoms with Crippen molar-refractivity contribution in [2.24, 2.45) is 11.8 Å². The molecule has 29 heavy (non-hydrogen) atoms. The van der Waals surface area contributed by atoms with Crippen LogP contribution in [0.2, 0.25) is 0 Å². The molecule has 4 rings (SSSR count). The second-order valence-electron chi connectivity index (χ2n) is 8.09. The zero-order valence-corrected chi connectivity index (χ0v) is 16.1. The molecule has 154 valence electrons. The first kappa shape index (κ1) is 19.6. The molecule has 5 unspecified atom stereocenters. The lowest BCUT2D eigenvalue weighted by molar-refractivity contribution is -0.553. The molecule has 0 amide bonds. The minimum atomic E-state index is -1.14. The lowest BCUT2D eigenvalue weighted by Gasteiger charge is -2.44. The van der Waals surface area contributed by atoms with Gasteiger partial charge in [-0.15, -0.1) is 0 Å². The molecule has 1 N–H and O–H groups in total. The van der Waals surface area contributed by atoms with Gasteiger partial charge in [0.05, 0.1) is 12.5 Å². The number of carboxylic acids is 1. The minimum Gasteiger partial charge on any atom is -0.475 e. The second-order valence-corrected chi connectivity index (χ2v) is 8.09. The third-order valence-electron chi connectivity index (χ3n) is 6.43. The first-order valence-electron chi connectivity index (χ1n) is 10.2. The standard InChI is InChI=1S/C22H25NO6/c24-22(25)19-11-10-18(29-19)17-12-15-8-4-5-9-16(15)20(23(26)27)21(17)28-13-14-6-2-1-3-7-14/h1-3,6-7,10-11,15-17,20-21H,4-5,8-9,12-13H2,(H,24,25). The Kier molecular flexibility index (Phi) is 5.67. The zero-order valence-electron chi connectivity index (χ0n) is 16.1. The summed E-state index contributed by atoms with van der Waals surface area (Å²) in [6.45, 7) is 0.274. The minimum absolute atomic E-state index is 0.00956. The molecule has 0 radical (unpaired) electrons. The number of fused-ring (bicyclic) bond motifs is 1. The fraction of sp³-hybridized carbons (Fsp3) is 0.500. The zero-order chi connectivity index (χ0) is 20.4. The smallest absolute Gasteiger partial charge is 0.371 e. The van der Waals surface area contributed by atoms with Gasteiger partial charge in [0, 0.05) is 10.8 Å². The van der Waals surface area contributed by atoms with Crippen molar-refractivity contribution in [3.63, 3.8) is 0 Å². The number of benzene rings is 1. The highest BCUT2D eigenvalue weighted by Crippen LogP contribution is 2.48. The molecule has 5 atom stereocenters. The van der Waals surface area contributed by atoms with Gasteiger partial charge in [-0.05, 0) is 42.9 Å². The third-order valence-corrected chi connectivity index (χ3v) is 6.43. The molecule has 7 heteroatoms. The van der Waals surface area contributed by atoms with Gasteiger partial charge in [0.25, 0.3) is 0 Å². The summed E-state index contributed by atoms with van der Waals surface area (Å²) in [4.78, 5) is 23.2. The molecule has 0 aliphatic heterocycles. The van der Waals surface area contributed by atoms with Crippen LogP contribution in [0.5, 0.6) is 0 Å². The van der Waals surface area contributed by atoms with Gasteiger partial charge < -0.3 is 14.3 Å². The molecular formula is C22H25NO6. The van der Waals surface area contributed by atoms with Crippen molar-refractivity contribution in [3.8, 4) is 0 Å². The number of nitro groups is 1. The van der Waals surface area contributed by atoms with E-state index in [0.717, 1.165) is 37.7 Å². The van der Waals surface area contributed by atoms with Crippen LogP contribution in [0.4, 0.5) is 0 Å². The van der Waals surface area contributed by atoms with Crippen LogP contribution in [0.3, 0.4) is 0 Å². The summed E-state index contributed by atoms with van der Waals surface area (Å²) >= 11 is 0. The van der Waals surface area contributed by atoms with E-state index in [4.69, 9.17) is 9.15 Å². The van der Waals surface area contributed by atoms with Crippen molar-refractivity contribution in [2.45, 2.75) is 56.8 Å². The van der Waals surface area contributed by atoms with Gasteiger partial charge in [0.1, 0.15) is 11.9 Å². The molecule has 2 aromatic rings. The van der Waals surface area contributed by atoms with E-state index in [9.17, 15) is 20.0 Å². The molecule has 1 aromatic heterocycles. The number of hydrogen-bond acceptors (Lipinski definition) is 5. The number of rotatable bonds is 6. The Morgan fingerprint density at radius 1 is 1.17 bits per heavy atom. The monoisotopic (exact) mass is 399 g/mol. The Balaban J connectivity index is 1.66. The maximum Gasteiger partial charge on any atom is 0.371 e. The Morgan fingerprint density at radius 3 is 2.62 bits per heavy atom. The maximum atomic E-state index is 12.1. The number of ether oxygens (including phenoxy) is 1. The molecule has 0 bridgehead atoms. The van der Waals surface area contributed by atoms with Crippen molar-refractivity contribution < 1.29 is 24.0 Å². The molecule has 0 saturated heterocycles. The van der Waals surface area contributed by atoms with Crippen LogP contribution >= 0.6 is 0 Å². The first-order valence-corrected chi connectivity index (χ1v) is 10.2. The van der Waals surface area contributed by atoms with E-state index >= 15 is 0 Å². The van der Waals surface area contributed by atoms with E-state index in [1.807, 2.05) is 30.3 Å². The van der Waals surface area contributed by atoms with Crippen LogP contribution in [-0.4, -0.2) is 28.1 Å². The highest BCUT2D eigenvalue weighted by Gasteiger charge is 2.53. The number of furan rings is 1. The van der Waals surface area contributed by atoms with Gasteiger partial charge in [0.15, 0.2) is 0 Å². The van der Waals surface area contributed by atoms with Crippen LogP contribution < -0.4 is 0 Å². The van der Waals surface area contributed by atoms with E-state index < -0.39 is 18.1 Å². The molecule has 1 aromatic carbocycles. The van der Waals surface area contributed by atoms with Gasteiger partial charge >= 0.3 is 5.97 Å². The van der Waals surface area contributed by atoms with E-state index in [1.165, 1.54) is 6.07 Å². The van der Waals surface area contributed by atoms with E-state index in [-0.39, 0.29) is 35.0 Å². The van der Waals surface area contributed by atoms with E-state index in [1.54, 1.807) is 6.07 Å². The average molecular weight is 399 g/mol. The Labute approximate surface area is 168 Å². The predicted octanol–water partition coefficient (Wildman–Crippen LogP) is 4.50. The van der Waals surface area contributed by atoms with Crippen molar-refractivity contribution in [1.82, 2.24) is 0 Å². The number of carboxylic acid groups (broad SMARTS) is 1. The van der Waals surface area contributed by atoms with Crippen LogP contribution in [0.25, 0.3) is 0 Å². The quantitative estimate of drug-likeness (QED) is 0.567. The van der Waals surface area contributed by atoms with Gasteiger partial charge in [-0.1, -0.05) is 43.2 Å². The lowest BCUT2D eigenvalue weighted by atomic mass is 9.63. The molecular weight excluding hydrogens is 374 g/mol. The van der Waals surface area contributed by atoms with Crippen molar-refractivity contribution in [1.29, 1.82) is 0 Å². The molecule has 7 nitrogen and oxygen atoms in total. The van der Waals surface area contributed by atoms with Crippen LogP contribution in [0, 0.1) is 22.0 Å². The van der Waals surface area contributed by atoms with Gasteiger partial charge in [-0.2, -0.15) is 0 Å². The summed E-state index contributed by atoms with van der Waals surface area (Å²) in [6, 6.07) is 11.8. The van der Waals surface area contributed by atoms with Gasteiger partial charge in [-0.3, -0.25) is 10.1 Å². The van der Waals surface area contributed by atoms with Crippen LogP contribution in [0.1, 0.15) is 59.9 Å². The van der Waals surface area contributed by atoms with E-state index in [2.05, 4.69) is 0 Å². The fourth-order valence-corrected chi connectivity index (χ4v) is 5.12. The van der Waals surface area contributed by atoms with Gasteiger partial charge in [-0.25, -0.2) is 4.79 Å². The van der Waals surface area contributed by atoms with Crippen molar-refractivity contribution in [3.05, 3.63) is 69.7 Å². The summed E-state index contributed by atoms with van der Waals surface area (Å²) in [6.07, 6.45) is 3.95. The number of aromatic carboxylic acids is 1. The van der Waals surface area contributed by atoms with Crippen LogP contribution in [-0.2, 0) is 11.3 Å². The molecule has 1 heterocycles. The number of nitrogens with zero attached hydrogens (tertiary/aromatic N) is 1. The lowest BCUT2D eigenvalue weighted by Crippen LogP contribution is -2.52. The average Bonchev–Trinajstić information content (AvgIpc) is 3.22. The third kappa shape index (κ3) is 4.05. The summed E-state index contributed by atoms with van der Waals surface area (Å²) in [5.41, 5.74) is 0.949. The number of hydrogen-bond donors (Lipinski definition) is 1. The van der Waals surface area contributed by atoms with Crippen molar-refractivity contribution in [2.75, 3.05) is 0 Å². The molecule has 2 fully saturated rings. The highest BCUT2D eigenvalue weighted by atomic mass is 16.6. The molecule has 2 aliphatic carbocycles. The largest absolute Gasteiger partial charge is 0.475 e. The molecule has 2 aliphatic rings. The summed E-state index contributed by atoms with van der Waals surface area (Å²) < 4.78 is 11.8. The highest BCUT2D eigenvalue weighted by molar-refractivity contribution is 5.84. The SMILES string of the molecule is O=C(O)c1ccc(C2CC3CCCCC3C([N+](=O)[O-])C2OCc2ccccc2)o1.